The van der Waals surface area contributed by atoms with Gasteiger partial charge in [0.25, 0.3) is 5.78 Å². The summed E-state index contributed by atoms with van der Waals surface area (Å²) in [5.41, 5.74) is -0.328. The van der Waals surface area contributed by atoms with Gasteiger partial charge in [0.05, 0.1) is 0 Å². The van der Waals surface area contributed by atoms with Crippen LogP contribution in [0.2, 0.25) is 0 Å². The molecule has 0 spiro atoms. The molecule has 0 aromatic heterocycles. The molecule has 0 bridgehead atoms. The average molecular weight is 224 g/mol. The SMILES string of the molecule is O=C(c1ccc2ccccc2c1)C(F)(F)F. The third kappa shape index (κ3) is 1.91. The predicted molar refractivity (Wildman–Crippen MR) is 54.3 cm³/mol. The Morgan fingerprint density at radius 1 is 0.938 bits per heavy atom. The van der Waals surface area contributed by atoms with E-state index in [-0.39, 0.29) is 5.56 Å². The largest absolute Gasteiger partial charge is 0.454 e. The van der Waals surface area contributed by atoms with Crippen molar-refractivity contribution < 1.29 is 18.0 Å². The van der Waals surface area contributed by atoms with E-state index in [0.29, 0.717) is 5.39 Å². The lowest BCUT2D eigenvalue weighted by Gasteiger charge is -2.05. The smallest absolute Gasteiger partial charge is 0.284 e. The van der Waals surface area contributed by atoms with Gasteiger partial charge in [0.1, 0.15) is 0 Å². The molecule has 4 heteroatoms. The van der Waals surface area contributed by atoms with Crippen molar-refractivity contribution in [3.05, 3.63) is 48.0 Å². The number of ketones is 1. The summed E-state index contributed by atoms with van der Waals surface area (Å²) in [7, 11) is 0. The Labute approximate surface area is 89.5 Å². The number of halogens is 3. The third-order valence-electron chi connectivity index (χ3n) is 2.27. The van der Waals surface area contributed by atoms with Gasteiger partial charge in [-0.3, -0.25) is 4.79 Å². The minimum absolute atomic E-state index is 0.328. The van der Waals surface area contributed by atoms with Gasteiger partial charge in [0.15, 0.2) is 0 Å². The number of hydrogen-bond donors (Lipinski definition) is 0. The zero-order valence-electron chi connectivity index (χ0n) is 8.08. The fourth-order valence-corrected chi connectivity index (χ4v) is 1.49. The molecule has 1 nitrogen and oxygen atoms in total. The molecule has 2 aromatic carbocycles. The first-order chi connectivity index (χ1) is 7.48. The Balaban J connectivity index is 2.52. The quantitative estimate of drug-likeness (QED) is 0.676. The normalized spacial score (nSPS) is 11.7. The number of hydrogen-bond acceptors (Lipinski definition) is 1. The number of alkyl halides is 3. The van der Waals surface area contributed by atoms with Crippen molar-refractivity contribution in [3.63, 3.8) is 0 Å². The fraction of sp³-hybridized carbons (Fsp3) is 0.0833. The molecule has 16 heavy (non-hydrogen) atoms. The molecular formula is C12H7F3O. The van der Waals surface area contributed by atoms with E-state index < -0.39 is 12.0 Å². The Hall–Kier alpha value is -1.84. The van der Waals surface area contributed by atoms with E-state index >= 15 is 0 Å². The number of carbonyl (C=O) groups excluding carboxylic acids is 1. The van der Waals surface area contributed by atoms with Crippen LogP contribution in [-0.4, -0.2) is 12.0 Å². The van der Waals surface area contributed by atoms with Crippen molar-refractivity contribution in [2.24, 2.45) is 0 Å². The topological polar surface area (TPSA) is 17.1 Å². The number of fused-ring (bicyclic) bond motifs is 1. The summed E-state index contributed by atoms with van der Waals surface area (Å²) in [4.78, 5) is 11.0. The minimum Gasteiger partial charge on any atom is -0.284 e. The second-order valence-electron chi connectivity index (χ2n) is 3.39. The monoisotopic (exact) mass is 224 g/mol. The highest BCUT2D eigenvalue weighted by Gasteiger charge is 2.39. The average Bonchev–Trinajstić information content (AvgIpc) is 2.26. The van der Waals surface area contributed by atoms with Crippen molar-refractivity contribution in [2.45, 2.75) is 6.18 Å². The van der Waals surface area contributed by atoms with Crippen molar-refractivity contribution in [1.29, 1.82) is 0 Å². The molecule has 0 saturated heterocycles. The molecule has 0 unspecified atom stereocenters. The van der Waals surface area contributed by atoms with Crippen molar-refractivity contribution in [1.82, 2.24) is 0 Å². The second kappa shape index (κ2) is 3.63. The standard InChI is InChI=1S/C12H7F3O/c13-12(14,15)11(16)10-6-5-8-3-1-2-4-9(8)7-10/h1-7H. The molecule has 82 valence electrons. The maximum absolute atomic E-state index is 12.2. The Morgan fingerprint density at radius 3 is 2.19 bits per heavy atom. The molecular weight excluding hydrogens is 217 g/mol. The van der Waals surface area contributed by atoms with Gasteiger partial charge in [-0.2, -0.15) is 13.2 Å². The van der Waals surface area contributed by atoms with Crippen LogP contribution in [0.25, 0.3) is 10.8 Å². The molecule has 0 saturated carbocycles. The first-order valence-corrected chi connectivity index (χ1v) is 4.59. The van der Waals surface area contributed by atoms with Gasteiger partial charge in [-0.1, -0.05) is 36.4 Å². The molecule has 0 fully saturated rings. The Kier molecular flexibility index (Phi) is 2.42. The summed E-state index contributed by atoms with van der Waals surface area (Å²) in [6, 6.07) is 10.9. The molecule has 2 aromatic rings. The number of benzene rings is 2. The second-order valence-corrected chi connectivity index (χ2v) is 3.39. The first-order valence-electron chi connectivity index (χ1n) is 4.59. The van der Waals surface area contributed by atoms with Gasteiger partial charge >= 0.3 is 6.18 Å². The molecule has 0 N–H and O–H groups in total. The van der Waals surface area contributed by atoms with Crippen LogP contribution in [-0.2, 0) is 0 Å². The van der Waals surface area contributed by atoms with Crippen molar-refractivity contribution >= 4 is 16.6 Å². The third-order valence-corrected chi connectivity index (χ3v) is 2.27. The molecule has 0 aliphatic rings. The van der Waals surface area contributed by atoms with Crippen LogP contribution in [0.15, 0.2) is 42.5 Å². The van der Waals surface area contributed by atoms with E-state index in [1.165, 1.54) is 18.2 Å². The first kappa shape index (κ1) is 10.7. The molecule has 0 aliphatic heterocycles. The fourth-order valence-electron chi connectivity index (χ4n) is 1.49. The van der Waals surface area contributed by atoms with Crippen LogP contribution < -0.4 is 0 Å². The zero-order valence-corrected chi connectivity index (χ0v) is 8.08. The van der Waals surface area contributed by atoms with E-state index in [1.807, 2.05) is 0 Å². The van der Waals surface area contributed by atoms with Gasteiger partial charge in [-0.05, 0) is 16.8 Å². The van der Waals surface area contributed by atoms with Crippen LogP contribution in [0.1, 0.15) is 10.4 Å². The van der Waals surface area contributed by atoms with Gasteiger partial charge in [0.2, 0.25) is 0 Å². The minimum atomic E-state index is -4.82. The molecule has 2 rings (SSSR count). The van der Waals surface area contributed by atoms with E-state index in [1.54, 1.807) is 24.3 Å². The van der Waals surface area contributed by atoms with Crippen LogP contribution in [0.4, 0.5) is 13.2 Å². The number of carbonyl (C=O) groups is 1. The van der Waals surface area contributed by atoms with E-state index in [4.69, 9.17) is 0 Å². The summed E-state index contributed by atoms with van der Waals surface area (Å²) < 4.78 is 36.6. The van der Waals surface area contributed by atoms with Gasteiger partial charge < -0.3 is 0 Å². The molecule has 0 aliphatic carbocycles. The van der Waals surface area contributed by atoms with Gasteiger partial charge in [-0.15, -0.1) is 0 Å². The summed E-state index contributed by atoms with van der Waals surface area (Å²) in [6.07, 6.45) is -4.82. The van der Waals surface area contributed by atoms with Crippen LogP contribution in [0.5, 0.6) is 0 Å². The van der Waals surface area contributed by atoms with Crippen molar-refractivity contribution in [2.75, 3.05) is 0 Å². The van der Waals surface area contributed by atoms with Crippen LogP contribution in [0.3, 0.4) is 0 Å². The van der Waals surface area contributed by atoms with Gasteiger partial charge in [0, 0.05) is 5.56 Å². The zero-order chi connectivity index (χ0) is 11.8. The summed E-state index contributed by atoms with van der Waals surface area (Å²) >= 11 is 0. The Morgan fingerprint density at radius 2 is 1.56 bits per heavy atom. The molecule has 0 atom stereocenters. The predicted octanol–water partition coefficient (Wildman–Crippen LogP) is 3.58. The van der Waals surface area contributed by atoms with Crippen molar-refractivity contribution in [3.8, 4) is 0 Å². The molecule has 0 heterocycles. The van der Waals surface area contributed by atoms with Crippen LogP contribution >= 0.6 is 0 Å². The summed E-state index contributed by atoms with van der Waals surface area (Å²) in [6.45, 7) is 0. The maximum atomic E-state index is 12.2. The highest BCUT2D eigenvalue weighted by Crippen LogP contribution is 2.24. The van der Waals surface area contributed by atoms with E-state index in [2.05, 4.69) is 0 Å². The lowest BCUT2D eigenvalue weighted by Crippen LogP contribution is -2.22. The lowest BCUT2D eigenvalue weighted by atomic mass is 10.0. The summed E-state index contributed by atoms with van der Waals surface area (Å²) in [5, 5.41) is 1.43. The number of rotatable bonds is 1. The van der Waals surface area contributed by atoms with E-state index in [9.17, 15) is 18.0 Å². The summed E-state index contributed by atoms with van der Waals surface area (Å²) in [5.74, 6) is -1.81. The molecule has 0 radical (unpaired) electrons. The van der Waals surface area contributed by atoms with Gasteiger partial charge in [-0.25, -0.2) is 0 Å². The maximum Gasteiger partial charge on any atom is 0.454 e. The molecule has 0 amide bonds. The lowest BCUT2D eigenvalue weighted by molar-refractivity contribution is -0.0885. The Bertz CT molecular complexity index is 543. The number of Topliss-reactive ketones (excluding diaryl/α,β-unsaturated/α-hetero) is 1. The highest BCUT2D eigenvalue weighted by atomic mass is 19.4. The highest BCUT2D eigenvalue weighted by molar-refractivity contribution is 6.03. The van der Waals surface area contributed by atoms with Crippen LogP contribution in [0, 0.1) is 0 Å². The van der Waals surface area contributed by atoms with E-state index in [0.717, 1.165) is 5.39 Å².